The lowest BCUT2D eigenvalue weighted by Gasteiger charge is -2.24. The predicted molar refractivity (Wildman–Crippen MR) is 91.7 cm³/mol. The number of aryl methyl sites for hydroxylation is 1. The Labute approximate surface area is 143 Å². The minimum absolute atomic E-state index is 0.0137. The highest BCUT2D eigenvalue weighted by atomic mass is 16.3. The number of nitrogens with zero attached hydrogens (tertiary/aromatic N) is 2. The third-order valence-electron chi connectivity index (χ3n) is 3.86. The average molecular weight is 342 g/mol. The third kappa shape index (κ3) is 6.72. The smallest absolute Gasteiger partial charge is 0.124 e. The number of hydrogen-bond donors (Lipinski definition) is 5. The number of rotatable bonds is 12. The lowest BCUT2D eigenvalue weighted by Crippen LogP contribution is -2.30. The van der Waals surface area contributed by atoms with Crippen LogP contribution < -0.4 is 0 Å². The maximum Gasteiger partial charge on any atom is 0.124 e. The number of hydrogen-bond acceptors (Lipinski definition) is 7. The summed E-state index contributed by atoms with van der Waals surface area (Å²) < 4.78 is 0. The summed E-state index contributed by atoms with van der Waals surface area (Å²) in [5.74, 6) is 0.183. The van der Waals surface area contributed by atoms with Gasteiger partial charge in [-0.05, 0) is 6.92 Å². The Morgan fingerprint density at radius 3 is 1.33 bits per heavy atom. The van der Waals surface area contributed by atoms with E-state index in [9.17, 15) is 5.11 Å². The Hall–Kier alpha value is -1.22. The molecule has 1 aromatic rings. The van der Waals surface area contributed by atoms with E-state index in [1.807, 2.05) is 28.9 Å². The topological polar surface area (TPSA) is 108 Å². The van der Waals surface area contributed by atoms with Crippen molar-refractivity contribution in [3.63, 3.8) is 0 Å². The molecule has 0 amide bonds. The van der Waals surface area contributed by atoms with Crippen molar-refractivity contribution in [3.05, 3.63) is 28.8 Å². The first kappa shape index (κ1) is 20.8. The van der Waals surface area contributed by atoms with Crippen molar-refractivity contribution in [2.45, 2.75) is 20.0 Å². The minimum atomic E-state index is -0.0137. The molecule has 24 heavy (non-hydrogen) atoms. The molecule has 0 fully saturated rings. The summed E-state index contributed by atoms with van der Waals surface area (Å²) in [6.45, 7) is 4.44. The molecular weight excluding hydrogens is 312 g/mol. The van der Waals surface area contributed by atoms with Gasteiger partial charge in [0.15, 0.2) is 0 Å². The molecule has 1 aromatic carbocycles. The molecule has 0 aliphatic heterocycles. The molecule has 0 unspecified atom stereocenters. The first-order valence-electron chi connectivity index (χ1n) is 8.25. The minimum Gasteiger partial charge on any atom is -0.507 e. The summed E-state index contributed by atoms with van der Waals surface area (Å²) in [6, 6.07) is 3.78. The zero-order valence-electron chi connectivity index (χ0n) is 14.4. The highest BCUT2D eigenvalue weighted by Gasteiger charge is 2.15. The van der Waals surface area contributed by atoms with E-state index in [0.717, 1.165) is 16.7 Å². The number of aromatic hydroxyl groups is 1. The van der Waals surface area contributed by atoms with Gasteiger partial charge in [-0.2, -0.15) is 0 Å². The molecule has 1 rings (SSSR count). The van der Waals surface area contributed by atoms with Gasteiger partial charge in [-0.1, -0.05) is 17.7 Å². The van der Waals surface area contributed by atoms with Crippen molar-refractivity contribution >= 4 is 0 Å². The second-order valence-electron chi connectivity index (χ2n) is 5.88. The summed E-state index contributed by atoms with van der Waals surface area (Å²) in [6.07, 6.45) is 0. The van der Waals surface area contributed by atoms with Gasteiger partial charge >= 0.3 is 0 Å². The molecule has 0 heterocycles. The fourth-order valence-electron chi connectivity index (χ4n) is 2.76. The largest absolute Gasteiger partial charge is 0.507 e. The summed E-state index contributed by atoms with van der Waals surface area (Å²) >= 11 is 0. The molecule has 7 nitrogen and oxygen atoms in total. The normalized spacial score (nSPS) is 11.6. The molecule has 0 bridgehead atoms. The van der Waals surface area contributed by atoms with Gasteiger partial charge in [0.05, 0.1) is 26.4 Å². The predicted octanol–water partition coefficient (Wildman–Crippen LogP) is -0.726. The van der Waals surface area contributed by atoms with E-state index in [2.05, 4.69) is 0 Å². The molecular formula is C17H30N2O5. The van der Waals surface area contributed by atoms with Crippen LogP contribution in [0.5, 0.6) is 5.75 Å². The van der Waals surface area contributed by atoms with Crippen molar-refractivity contribution in [3.8, 4) is 5.75 Å². The molecule has 0 saturated carbocycles. The molecule has 0 saturated heterocycles. The molecule has 7 heteroatoms. The summed E-state index contributed by atoms with van der Waals surface area (Å²) in [5.41, 5.74) is 2.47. The van der Waals surface area contributed by atoms with Crippen molar-refractivity contribution in [2.75, 3.05) is 52.6 Å². The maximum absolute atomic E-state index is 10.6. The van der Waals surface area contributed by atoms with E-state index in [0.29, 0.717) is 39.3 Å². The van der Waals surface area contributed by atoms with Gasteiger partial charge in [-0.25, -0.2) is 0 Å². The van der Waals surface area contributed by atoms with Crippen molar-refractivity contribution in [1.82, 2.24) is 9.80 Å². The van der Waals surface area contributed by atoms with E-state index in [1.54, 1.807) is 0 Å². The molecule has 138 valence electrons. The van der Waals surface area contributed by atoms with Crippen LogP contribution in [0.2, 0.25) is 0 Å². The zero-order valence-corrected chi connectivity index (χ0v) is 14.4. The maximum atomic E-state index is 10.6. The summed E-state index contributed by atoms with van der Waals surface area (Å²) in [5, 5.41) is 47.0. The third-order valence-corrected chi connectivity index (χ3v) is 3.86. The fourth-order valence-corrected chi connectivity index (χ4v) is 2.76. The number of aliphatic hydroxyl groups excluding tert-OH is 4. The average Bonchev–Trinajstić information content (AvgIpc) is 2.52. The van der Waals surface area contributed by atoms with Crippen LogP contribution >= 0.6 is 0 Å². The Morgan fingerprint density at radius 1 is 0.708 bits per heavy atom. The summed E-state index contributed by atoms with van der Waals surface area (Å²) in [4.78, 5) is 3.75. The van der Waals surface area contributed by atoms with Gasteiger partial charge in [0, 0.05) is 50.4 Å². The molecule has 0 radical (unpaired) electrons. The second kappa shape index (κ2) is 11.4. The lowest BCUT2D eigenvalue weighted by atomic mass is 10.0. The monoisotopic (exact) mass is 342 g/mol. The van der Waals surface area contributed by atoms with E-state index in [1.165, 1.54) is 0 Å². The van der Waals surface area contributed by atoms with Crippen LogP contribution in [-0.4, -0.2) is 87.9 Å². The molecule has 0 spiro atoms. The van der Waals surface area contributed by atoms with Crippen LogP contribution in [0.1, 0.15) is 16.7 Å². The Bertz CT molecular complexity index is 433. The van der Waals surface area contributed by atoms with Crippen LogP contribution in [0, 0.1) is 6.92 Å². The Morgan fingerprint density at radius 2 is 1.04 bits per heavy atom. The fraction of sp³-hybridized carbons (Fsp3) is 0.647. The molecule has 0 aromatic heterocycles. The van der Waals surface area contributed by atoms with Gasteiger partial charge in [-0.3, -0.25) is 9.80 Å². The van der Waals surface area contributed by atoms with Crippen molar-refractivity contribution in [2.24, 2.45) is 0 Å². The first-order valence-corrected chi connectivity index (χ1v) is 8.25. The van der Waals surface area contributed by atoms with Crippen LogP contribution in [0.4, 0.5) is 0 Å². The molecule has 5 N–H and O–H groups in total. The summed E-state index contributed by atoms with van der Waals surface area (Å²) in [7, 11) is 0. The molecule has 0 atom stereocenters. The van der Waals surface area contributed by atoms with Gasteiger partial charge in [0.1, 0.15) is 5.75 Å². The lowest BCUT2D eigenvalue weighted by molar-refractivity contribution is 0.152. The second-order valence-corrected chi connectivity index (χ2v) is 5.88. The van der Waals surface area contributed by atoms with E-state index in [4.69, 9.17) is 20.4 Å². The van der Waals surface area contributed by atoms with Gasteiger partial charge < -0.3 is 25.5 Å². The van der Waals surface area contributed by atoms with Crippen LogP contribution in [-0.2, 0) is 13.1 Å². The number of phenolic OH excluding ortho intramolecular Hbond substituents is 1. The number of aliphatic hydroxyl groups is 4. The molecule has 0 aliphatic rings. The van der Waals surface area contributed by atoms with E-state index in [-0.39, 0.29) is 32.2 Å². The van der Waals surface area contributed by atoms with Crippen molar-refractivity contribution in [1.29, 1.82) is 0 Å². The zero-order chi connectivity index (χ0) is 17.9. The quantitative estimate of drug-likeness (QED) is 0.341. The highest BCUT2D eigenvalue weighted by molar-refractivity contribution is 5.43. The van der Waals surface area contributed by atoms with Gasteiger partial charge in [0.25, 0.3) is 0 Å². The van der Waals surface area contributed by atoms with Crippen LogP contribution in [0.25, 0.3) is 0 Å². The van der Waals surface area contributed by atoms with E-state index >= 15 is 0 Å². The Kier molecular flexibility index (Phi) is 9.85. The highest BCUT2D eigenvalue weighted by Crippen LogP contribution is 2.27. The standard InChI is InChI=1S/C17H30N2O5/c1-14-10-15(12-18(2-6-20)3-7-21)17(24)16(11-14)13-19(4-8-22)5-9-23/h10-11,20-24H,2-9,12-13H2,1H3. The number of phenols is 1. The van der Waals surface area contributed by atoms with Crippen LogP contribution in [0.15, 0.2) is 12.1 Å². The van der Waals surface area contributed by atoms with E-state index < -0.39 is 0 Å². The number of benzene rings is 1. The van der Waals surface area contributed by atoms with Gasteiger partial charge in [-0.15, -0.1) is 0 Å². The van der Waals surface area contributed by atoms with Crippen LogP contribution in [0.3, 0.4) is 0 Å². The van der Waals surface area contributed by atoms with Crippen molar-refractivity contribution < 1.29 is 25.5 Å². The first-order chi connectivity index (χ1) is 11.5. The molecule has 0 aliphatic carbocycles. The van der Waals surface area contributed by atoms with Gasteiger partial charge in [0.2, 0.25) is 0 Å². The SMILES string of the molecule is Cc1cc(CN(CCO)CCO)c(O)c(CN(CCO)CCO)c1. The Balaban J connectivity index is 2.96.